The summed E-state index contributed by atoms with van der Waals surface area (Å²) in [5.41, 5.74) is 5.92. The Hall–Kier alpha value is -0.540. The van der Waals surface area contributed by atoms with Crippen molar-refractivity contribution < 1.29 is 4.39 Å². The average Bonchev–Trinajstić information content (AvgIpc) is 2.17. The molecule has 0 radical (unpaired) electrons. The van der Waals surface area contributed by atoms with E-state index in [1.807, 2.05) is 6.07 Å². The monoisotopic (exact) mass is 225 g/mol. The minimum absolute atomic E-state index is 0.153. The van der Waals surface area contributed by atoms with Gasteiger partial charge in [0, 0.05) is 16.2 Å². The van der Waals surface area contributed by atoms with Crippen molar-refractivity contribution in [3.05, 3.63) is 30.1 Å². The first-order valence-electron chi connectivity index (χ1n) is 5.42. The summed E-state index contributed by atoms with van der Waals surface area (Å²) in [6.45, 7) is 0. The molecule has 2 rings (SSSR count). The maximum atomic E-state index is 13.0. The molecule has 1 saturated carbocycles. The molecule has 0 spiro atoms. The van der Waals surface area contributed by atoms with Gasteiger partial charge in [-0.15, -0.1) is 11.8 Å². The van der Waals surface area contributed by atoms with Crippen molar-refractivity contribution in [1.82, 2.24) is 0 Å². The molecule has 1 aliphatic rings. The van der Waals surface area contributed by atoms with Gasteiger partial charge in [0.1, 0.15) is 5.82 Å². The number of benzene rings is 1. The van der Waals surface area contributed by atoms with Crippen LogP contribution in [0.25, 0.3) is 0 Å². The highest BCUT2D eigenvalue weighted by Gasteiger charge is 2.19. The Balaban J connectivity index is 1.96. The molecule has 3 heteroatoms. The molecular weight excluding hydrogens is 209 g/mol. The molecule has 1 aromatic carbocycles. The first-order chi connectivity index (χ1) is 7.24. The van der Waals surface area contributed by atoms with Crippen LogP contribution in [0.1, 0.15) is 25.7 Å². The van der Waals surface area contributed by atoms with Crippen LogP contribution < -0.4 is 5.73 Å². The third-order valence-corrected chi connectivity index (χ3v) is 4.05. The summed E-state index contributed by atoms with van der Waals surface area (Å²) < 4.78 is 13.0. The molecule has 1 aliphatic carbocycles. The Labute approximate surface area is 94.2 Å². The number of hydrogen-bond acceptors (Lipinski definition) is 2. The second-order valence-corrected chi connectivity index (χ2v) is 5.50. The van der Waals surface area contributed by atoms with Crippen molar-refractivity contribution in [1.29, 1.82) is 0 Å². The third kappa shape index (κ3) is 3.21. The highest BCUT2D eigenvalue weighted by molar-refractivity contribution is 8.00. The molecule has 0 aliphatic heterocycles. The van der Waals surface area contributed by atoms with Crippen molar-refractivity contribution in [2.24, 2.45) is 5.73 Å². The standard InChI is InChI=1S/C12H16FNS/c13-9-3-1-5-11(7-9)15-12-6-2-4-10(14)8-12/h1,3,5,7,10,12H,2,4,6,8,14H2. The summed E-state index contributed by atoms with van der Waals surface area (Å²) in [5, 5.41) is 0.565. The summed E-state index contributed by atoms with van der Waals surface area (Å²) >= 11 is 1.76. The average molecular weight is 225 g/mol. The van der Waals surface area contributed by atoms with Gasteiger partial charge in [0.05, 0.1) is 0 Å². The lowest BCUT2D eigenvalue weighted by atomic mass is 9.96. The van der Waals surface area contributed by atoms with Crippen molar-refractivity contribution >= 4 is 11.8 Å². The van der Waals surface area contributed by atoms with Crippen LogP contribution in [0.2, 0.25) is 0 Å². The summed E-state index contributed by atoms with van der Waals surface area (Å²) in [5.74, 6) is -0.153. The lowest BCUT2D eigenvalue weighted by Gasteiger charge is -2.25. The van der Waals surface area contributed by atoms with Crippen LogP contribution in [-0.2, 0) is 0 Å². The quantitative estimate of drug-likeness (QED) is 0.836. The van der Waals surface area contributed by atoms with Gasteiger partial charge in [0.25, 0.3) is 0 Å². The summed E-state index contributed by atoms with van der Waals surface area (Å²) in [6, 6.07) is 7.15. The Bertz CT molecular complexity index is 329. The maximum absolute atomic E-state index is 13.0. The largest absolute Gasteiger partial charge is 0.328 e. The van der Waals surface area contributed by atoms with Crippen LogP contribution >= 0.6 is 11.8 Å². The second kappa shape index (κ2) is 4.99. The van der Waals surface area contributed by atoms with E-state index in [9.17, 15) is 4.39 Å². The smallest absolute Gasteiger partial charge is 0.124 e. The molecule has 1 nitrogen and oxygen atoms in total. The van der Waals surface area contributed by atoms with Gasteiger partial charge in [0.15, 0.2) is 0 Å². The van der Waals surface area contributed by atoms with Gasteiger partial charge >= 0.3 is 0 Å². The van der Waals surface area contributed by atoms with E-state index < -0.39 is 0 Å². The van der Waals surface area contributed by atoms with E-state index in [4.69, 9.17) is 5.73 Å². The zero-order chi connectivity index (χ0) is 10.7. The maximum Gasteiger partial charge on any atom is 0.124 e. The molecule has 1 aromatic rings. The molecule has 0 aromatic heterocycles. The van der Waals surface area contributed by atoms with E-state index in [0.717, 1.165) is 17.7 Å². The number of nitrogens with two attached hydrogens (primary N) is 1. The molecule has 1 fully saturated rings. The fourth-order valence-corrected chi connectivity index (χ4v) is 3.37. The Morgan fingerprint density at radius 2 is 2.20 bits per heavy atom. The number of hydrogen-bond donors (Lipinski definition) is 1. The van der Waals surface area contributed by atoms with Crippen LogP contribution in [0.3, 0.4) is 0 Å². The third-order valence-electron chi connectivity index (χ3n) is 2.77. The van der Waals surface area contributed by atoms with E-state index in [1.165, 1.54) is 18.9 Å². The highest BCUT2D eigenvalue weighted by Crippen LogP contribution is 2.33. The second-order valence-electron chi connectivity index (χ2n) is 4.12. The Morgan fingerprint density at radius 1 is 1.33 bits per heavy atom. The van der Waals surface area contributed by atoms with E-state index >= 15 is 0 Å². The Morgan fingerprint density at radius 3 is 2.93 bits per heavy atom. The molecule has 2 atom stereocenters. The Kier molecular flexibility index (Phi) is 3.65. The highest BCUT2D eigenvalue weighted by atomic mass is 32.2. The van der Waals surface area contributed by atoms with Crippen LogP contribution in [0.5, 0.6) is 0 Å². The van der Waals surface area contributed by atoms with Crippen molar-refractivity contribution in [3.8, 4) is 0 Å². The molecule has 15 heavy (non-hydrogen) atoms. The van der Waals surface area contributed by atoms with Gasteiger partial charge < -0.3 is 5.73 Å². The fourth-order valence-electron chi connectivity index (χ4n) is 2.02. The van der Waals surface area contributed by atoms with Gasteiger partial charge in [-0.1, -0.05) is 12.5 Å². The molecule has 2 N–H and O–H groups in total. The normalized spacial score (nSPS) is 26.5. The van der Waals surface area contributed by atoms with Crippen molar-refractivity contribution in [3.63, 3.8) is 0 Å². The van der Waals surface area contributed by atoms with Crippen molar-refractivity contribution in [2.75, 3.05) is 0 Å². The lowest BCUT2D eigenvalue weighted by molar-refractivity contribution is 0.451. The summed E-state index contributed by atoms with van der Waals surface area (Å²) in [7, 11) is 0. The summed E-state index contributed by atoms with van der Waals surface area (Å²) in [4.78, 5) is 1.02. The topological polar surface area (TPSA) is 26.0 Å². The van der Waals surface area contributed by atoms with E-state index in [2.05, 4.69) is 0 Å². The van der Waals surface area contributed by atoms with Gasteiger partial charge in [0.2, 0.25) is 0 Å². The zero-order valence-corrected chi connectivity index (χ0v) is 9.47. The van der Waals surface area contributed by atoms with Crippen LogP contribution in [0.15, 0.2) is 29.2 Å². The van der Waals surface area contributed by atoms with E-state index in [-0.39, 0.29) is 5.82 Å². The van der Waals surface area contributed by atoms with Gasteiger partial charge in [-0.05, 0) is 37.5 Å². The van der Waals surface area contributed by atoms with E-state index in [1.54, 1.807) is 23.9 Å². The van der Waals surface area contributed by atoms with Crippen molar-refractivity contribution in [2.45, 2.75) is 41.9 Å². The molecule has 2 unspecified atom stereocenters. The SMILES string of the molecule is NC1CCCC(Sc2cccc(F)c2)C1. The fraction of sp³-hybridized carbons (Fsp3) is 0.500. The molecular formula is C12H16FNS. The minimum atomic E-state index is -0.153. The van der Waals surface area contributed by atoms with Crippen LogP contribution in [0.4, 0.5) is 4.39 Å². The molecule has 0 saturated heterocycles. The number of halogens is 1. The first kappa shape index (κ1) is 11.0. The van der Waals surface area contributed by atoms with Crippen LogP contribution in [0, 0.1) is 5.82 Å². The summed E-state index contributed by atoms with van der Waals surface area (Å²) in [6.07, 6.45) is 4.60. The van der Waals surface area contributed by atoms with Gasteiger partial charge in [-0.25, -0.2) is 4.39 Å². The minimum Gasteiger partial charge on any atom is -0.328 e. The molecule has 0 heterocycles. The lowest BCUT2D eigenvalue weighted by Crippen LogP contribution is -2.29. The molecule has 0 amide bonds. The predicted molar refractivity (Wildman–Crippen MR) is 62.5 cm³/mol. The number of rotatable bonds is 2. The van der Waals surface area contributed by atoms with Gasteiger partial charge in [-0.2, -0.15) is 0 Å². The zero-order valence-electron chi connectivity index (χ0n) is 8.66. The predicted octanol–water partition coefficient (Wildman–Crippen LogP) is 3.19. The first-order valence-corrected chi connectivity index (χ1v) is 6.30. The number of thioether (sulfide) groups is 1. The van der Waals surface area contributed by atoms with Gasteiger partial charge in [-0.3, -0.25) is 0 Å². The van der Waals surface area contributed by atoms with E-state index in [0.29, 0.717) is 11.3 Å². The molecule has 0 bridgehead atoms. The van der Waals surface area contributed by atoms with Crippen LogP contribution in [-0.4, -0.2) is 11.3 Å². The molecule has 82 valence electrons.